The fourth-order valence-corrected chi connectivity index (χ4v) is 5.01. The lowest BCUT2D eigenvalue weighted by atomic mass is 9.96. The van der Waals surface area contributed by atoms with Crippen molar-refractivity contribution in [3.63, 3.8) is 0 Å². The van der Waals surface area contributed by atoms with Gasteiger partial charge in [0, 0.05) is 32.6 Å². The summed E-state index contributed by atoms with van der Waals surface area (Å²) in [6.45, 7) is 7.37. The number of carbonyl (C=O) groups is 2. The van der Waals surface area contributed by atoms with Crippen LogP contribution in [0.2, 0.25) is 0 Å². The van der Waals surface area contributed by atoms with Crippen LogP contribution < -0.4 is 0 Å². The van der Waals surface area contributed by atoms with Crippen molar-refractivity contribution >= 4 is 11.8 Å². The number of rotatable bonds is 7. The molecule has 3 fully saturated rings. The van der Waals surface area contributed by atoms with E-state index >= 15 is 0 Å². The Morgan fingerprint density at radius 3 is 2.50 bits per heavy atom. The summed E-state index contributed by atoms with van der Waals surface area (Å²) < 4.78 is 5.34. The van der Waals surface area contributed by atoms with Crippen molar-refractivity contribution in [1.29, 1.82) is 0 Å². The number of amides is 2. The zero-order chi connectivity index (χ0) is 20.8. The molecular formula is C24H35N3O3. The summed E-state index contributed by atoms with van der Waals surface area (Å²) in [7, 11) is 0. The molecule has 0 bridgehead atoms. The zero-order valence-electron chi connectivity index (χ0n) is 18.0. The van der Waals surface area contributed by atoms with E-state index in [1.807, 2.05) is 9.80 Å². The van der Waals surface area contributed by atoms with Gasteiger partial charge in [0.15, 0.2) is 0 Å². The predicted molar refractivity (Wildman–Crippen MR) is 116 cm³/mol. The summed E-state index contributed by atoms with van der Waals surface area (Å²) in [6.07, 6.45) is 5.02. The molecule has 0 spiro atoms. The Kier molecular flexibility index (Phi) is 7.39. The van der Waals surface area contributed by atoms with E-state index in [1.54, 1.807) is 0 Å². The highest BCUT2D eigenvalue weighted by atomic mass is 16.5. The van der Waals surface area contributed by atoms with Crippen molar-refractivity contribution in [2.75, 3.05) is 59.0 Å². The van der Waals surface area contributed by atoms with Gasteiger partial charge in [-0.15, -0.1) is 0 Å². The molecule has 0 aromatic heterocycles. The second-order valence-electron chi connectivity index (χ2n) is 9.01. The number of ether oxygens (including phenoxy) is 1. The topological polar surface area (TPSA) is 53.1 Å². The van der Waals surface area contributed by atoms with Gasteiger partial charge in [-0.3, -0.25) is 9.59 Å². The molecule has 1 aromatic carbocycles. The van der Waals surface area contributed by atoms with E-state index in [4.69, 9.17) is 4.74 Å². The summed E-state index contributed by atoms with van der Waals surface area (Å²) in [5.41, 5.74) is 1.42. The van der Waals surface area contributed by atoms with Crippen LogP contribution in [0, 0.1) is 11.8 Å². The normalized spacial score (nSPS) is 23.9. The largest absolute Gasteiger partial charge is 0.378 e. The van der Waals surface area contributed by atoms with E-state index in [0.29, 0.717) is 45.2 Å². The number of nitrogens with zero attached hydrogens (tertiary/aromatic N) is 3. The monoisotopic (exact) mass is 413 g/mol. The lowest BCUT2D eigenvalue weighted by Gasteiger charge is -2.34. The molecule has 1 aromatic rings. The van der Waals surface area contributed by atoms with Crippen LogP contribution in [0.4, 0.5) is 0 Å². The Labute approximate surface area is 180 Å². The third-order valence-corrected chi connectivity index (χ3v) is 6.85. The van der Waals surface area contributed by atoms with Crippen LogP contribution in [-0.2, 0) is 20.7 Å². The van der Waals surface area contributed by atoms with Crippen molar-refractivity contribution in [1.82, 2.24) is 14.7 Å². The average Bonchev–Trinajstić information content (AvgIpc) is 3.16. The van der Waals surface area contributed by atoms with Crippen molar-refractivity contribution < 1.29 is 14.3 Å². The Balaban J connectivity index is 1.16. The van der Waals surface area contributed by atoms with E-state index in [0.717, 1.165) is 45.4 Å². The lowest BCUT2D eigenvalue weighted by molar-refractivity contribution is -0.139. The van der Waals surface area contributed by atoms with Crippen molar-refractivity contribution in [3.05, 3.63) is 35.9 Å². The zero-order valence-corrected chi connectivity index (χ0v) is 18.0. The van der Waals surface area contributed by atoms with Gasteiger partial charge in [-0.25, -0.2) is 0 Å². The number of likely N-dealkylation sites (tertiary alicyclic amines) is 2. The molecule has 4 rings (SSSR count). The quantitative estimate of drug-likeness (QED) is 0.687. The molecule has 0 aliphatic carbocycles. The highest BCUT2D eigenvalue weighted by molar-refractivity contribution is 5.89. The Morgan fingerprint density at radius 1 is 1.03 bits per heavy atom. The summed E-state index contributed by atoms with van der Waals surface area (Å²) >= 11 is 0. The number of hydrogen-bond donors (Lipinski definition) is 0. The van der Waals surface area contributed by atoms with Crippen LogP contribution in [0.25, 0.3) is 0 Å². The molecule has 2 amide bonds. The van der Waals surface area contributed by atoms with Crippen LogP contribution in [0.15, 0.2) is 30.3 Å². The Morgan fingerprint density at radius 2 is 1.77 bits per heavy atom. The summed E-state index contributed by atoms with van der Waals surface area (Å²) in [5.74, 6) is 0.708. The van der Waals surface area contributed by atoms with Crippen molar-refractivity contribution in [3.8, 4) is 0 Å². The van der Waals surface area contributed by atoms with E-state index in [1.165, 1.54) is 12.0 Å². The van der Waals surface area contributed by atoms with Gasteiger partial charge in [0.2, 0.25) is 11.8 Å². The fourth-order valence-electron chi connectivity index (χ4n) is 5.01. The highest BCUT2D eigenvalue weighted by Crippen LogP contribution is 2.25. The van der Waals surface area contributed by atoms with Gasteiger partial charge in [-0.05, 0) is 56.8 Å². The maximum absolute atomic E-state index is 12.7. The molecule has 3 aliphatic heterocycles. The summed E-state index contributed by atoms with van der Waals surface area (Å²) in [5, 5.41) is 0. The maximum Gasteiger partial charge on any atom is 0.228 e. The lowest BCUT2D eigenvalue weighted by Crippen LogP contribution is -2.44. The molecule has 0 N–H and O–H groups in total. The van der Waals surface area contributed by atoms with E-state index in [9.17, 15) is 9.59 Å². The van der Waals surface area contributed by atoms with Crippen LogP contribution >= 0.6 is 0 Å². The van der Waals surface area contributed by atoms with Gasteiger partial charge >= 0.3 is 0 Å². The molecule has 3 saturated heterocycles. The minimum atomic E-state index is -0.159. The van der Waals surface area contributed by atoms with E-state index in [-0.39, 0.29) is 17.7 Å². The molecule has 6 nitrogen and oxygen atoms in total. The van der Waals surface area contributed by atoms with Gasteiger partial charge in [-0.1, -0.05) is 30.3 Å². The highest BCUT2D eigenvalue weighted by Gasteiger charge is 2.37. The number of carbonyl (C=O) groups excluding carboxylic acids is 2. The standard InChI is InChI=1S/C24H35N3O3/c28-23-17-22(24(29)26-13-15-30-16-14-26)19-27(23)18-21-8-11-25(12-9-21)10-4-7-20-5-2-1-3-6-20/h1-3,5-6,21-22H,4,7-19H2. The molecule has 6 heteroatoms. The molecule has 1 unspecified atom stereocenters. The van der Waals surface area contributed by atoms with Gasteiger partial charge in [-0.2, -0.15) is 0 Å². The van der Waals surface area contributed by atoms with Crippen molar-refractivity contribution in [2.24, 2.45) is 11.8 Å². The molecule has 164 valence electrons. The SMILES string of the molecule is O=C1CC(C(=O)N2CCOCC2)CN1CC1CCN(CCCc2ccccc2)CC1. The fraction of sp³-hybridized carbons (Fsp3) is 0.667. The third kappa shape index (κ3) is 5.61. The average molecular weight is 414 g/mol. The minimum absolute atomic E-state index is 0.141. The second-order valence-corrected chi connectivity index (χ2v) is 9.01. The summed E-state index contributed by atoms with van der Waals surface area (Å²) in [6, 6.07) is 10.7. The molecule has 0 radical (unpaired) electrons. The van der Waals surface area contributed by atoms with Gasteiger partial charge in [0.1, 0.15) is 0 Å². The third-order valence-electron chi connectivity index (χ3n) is 6.85. The van der Waals surface area contributed by atoms with Gasteiger partial charge in [0.05, 0.1) is 19.1 Å². The van der Waals surface area contributed by atoms with Gasteiger partial charge < -0.3 is 19.4 Å². The van der Waals surface area contributed by atoms with Crippen LogP contribution in [0.5, 0.6) is 0 Å². The molecular weight excluding hydrogens is 378 g/mol. The number of piperidine rings is 1. The molecule has 3 heterocycles. The van der Waals surface area contributed by atoms with Gasteiger partial charge in [0.25, 0.3) is 0 Å². The maximum atomic E-state index is 12.7. The molecule has 3 aliphatic rings. The van der Waals surface area contributed by atoms with E-state index in [2.05, 4.69) is 35.2 Å². The Bertz CT molecular complexity index is 697. The number of hydrogen-bond acceptors (Lipinski definition) is 4. The van der Waals surface area contributed by atoms with Crippen LogP contribution in [0.3, 0.4) is 0 Å². The molecule has 30 heavy (non-hydrogen) atoms. The first-order valence-corrected chi connectivity index (χ1v) is 11.6. The predicted octanol–water partition coefficient (Wildman–Crippen LogP) is 2.04. The second kappa shape index (κ2) is 10.4. The van der Waals surface area contributed by atoms with E-state index < -0.39 is 0 Å². The summed E-state index contributed by atoms with van der Waals surface area (Å²) in [4.78, 5) is 31.6. The smallest absolute Gasteiger partial charge is 0.228 e. The number of benzene rings is 1. The van der Waals surface area contributed by atoms with Crippen LogP contribution in [-0.4, -0.2) is 85.5 Å². The first-order chi connectivity index (χ1) is 14.7. The van der Waals surface area contributed by atoms with Crippen molar-refractivity contribution in [2.45, 2.75) is 32.1 Å². The molecule has 0 saturated carbocycles. The first kappa shape index (κ1) is 21.3. The number of morpholine rings is 1. The minimum Gasteiger partial charge on any atom is -0.378 e. The Hall–Kier alpha value is -1.92. The number of aryl methyl sites for hydroxylation is 1. The molecule has 1 atom stereocenters. The van der Waals surface area contributed by atoms with Crippen LogP contribution in [0.1, 0.15) is 31.2 Å². The first-order valence-electron chi connectivity index (χ1n) is 11.6.